The van der Waals surface area contributed by atoms with Gasteiger partial charge in [-0.3, -0.25) is 4.98 Å². The van der Waals surface area contributed by atoms with Gasteiger partial charge >= 0.3 is 0 Å². The second-order valence-corrected chi connectivity index (χ2v) is 15.4. The number of hydrogen-bond donors (Lipinski definition) is 0. The predicted octanol–water partition coefficient (Wildman–Crippen LogP) is 13.1. The van der Waals surface area contributed by atoms with Crippen molar-refractivity contribution in [2.45, 2.75) is 5.41 Å². The van der Waals surface area contributed by atoms with E-state index in [4.69, 9.17) is 15.0 Å². The summed E-state index contributed by atoms with van der Waals surface area (Å²) in [6, 6.07) is 69.9. The van der Waals surface area contributed by atoms with Crippen LogP contribution in [-0.4, -0.2) is 19.9 Å². The minimum Gasteiger partial charge on any atom is -0.264 e. The maximum atomic E-state index is 5.27. The van der Waals surface area contributed by atoms with Crippen LogP contribution in [-0.2, 0) is 5.41 Å². The molecule has 1 spiro atoms. The van der Waals surface area contributed by atoms with Crippen LogP contribution in [0.3, 0.4) is 0 Å². The zero-order valence-corrected chi connectivity index (χ0v) is 31.9. The zero-order valence-electron chi connectivity index (χ0n) is 31.9. The molecule has 4 heteroatoms. The van der Waals surface area contributed by atoms with Gasteiger partial charge in [0.2, 0.25) is 0 Å². The molecule has 2 aliphatic rings. The van der Waals surface area contributed by atoms with Crippen LogP contribution in [0, 0.1) is 0 Å². The first-order valence-corrected chi connectivity index (χ1v) is 20.0. The summed E-state index contributed by atoms with van der Waals surface area (Å²) in [5.74, 6) is 1.87. The van der Waals surface area contributed by atoms with Crippen LogP contribution in [0.2, 0.25) is 0 Å². The van der Waals surface area contributed by atoms with Gasteiger partial charge in [0, 0.05) is 29.1 Å². The fourth-order valence-corrected chi connectivity index (χ4v) is 9.61. The first kappa shape index (κ1) is 33.3. The molecule has 0 fully saturated rings. The fraction of sp³-hybridized carbons (Fsp3) is 0.0182. The van der Waals surface area contributed by atoms with Gasteiger partial charge in [-0.05, 0) is 102 Å². The fourth-order valence-electron chi connectivity index (χ4n) is 9.61. The Hall–Kier alpha value is -7.82. The lowest BCUT2D eigenvalue weighted by Gasteiger charge is -2.35. The lowest BCUT2D eigenvalue weighted by molar-refractivity contribution is 0.776. The van der Waals surface area contributed by atoms with Crippen molar-refractivity contribution >= 4 is 10.8 Å². The Balaban J connectivity index is 1.15. The average Bonchev–Trinajstić information content (AvgIpc) is 3.54. The molecule has 4 nitrogen and oxygen atoms in total. The number of rotatable bonds is 4. The van der Waals surface area contributed by atoms with E-state index in [-0.39, 0.29) is 0 Å². The van der Waals surface area contributed by atoms with E-state index in [0.29, 0.717) is 17.5 Å². The molecule has 0 amide bonds. The van der Waals surface area contributed by atoms with E-state index in [2.05, 4.69) is 175 Å². The highest BCUT2D eigenvalue weighted by molar-refractivity contribution is 6.01. The number of hydrogen-bond acceptors (Lipinski definition) is 4. The summed E-state index contributed by atoms with van der Waals surface area (Å²) < 4.78 is 0. The third-order valence-electron chi connectivity index (χ3n) is 12.2. The van der Waals surface area contributed by atoms with Gasteiger partial charge in [0.15, 0.2) is 17.5 Å². The van der Waals surface area contributed by atoms with E-state index in [9.17, 15) is 0 Å². The Bertz CT molecular complexity index is 3270. The summed E-state index contributed by atoms with van der Waals surface area (Å²) in [7, 11) is 0. The molecule has 12 rings (SSSR count). The van der Waals surface area contributed by atoms with Gasteiger partial charge in [-0.15, -0.1) is 0 Å². The van der Waals surface area contributed by atoms with Crippen molar-refractivity contribution in [3.8, 4) is 78.7 Å². The van der Waals surface area contributed by atoms with Gasteiger partial charge in [0.1, 0.15) is 0 Å². The largest absolute Gasteiger partial charge is 0.264 e. The van der Waals surface area contributed by atoms with Gasteiger partial charge in [0.05, 0.1) is 5.41 Å². The normalized spacial score (nSPS) is 14.5. The molecule has 0 saturated heterocycles. The van der Waals surface area contributed by atoms with Gasteiger partial charge in [-0.1, -0.05) is 170 Å². The van der Waals surface area contributed by atoms with Crippen molar-refractivity contribution in [3.05, 3.63) is 229 Å². The van der Waals surface area contributed by atoms with E-state index < -0.39 is 5.41 Å². The maximum Gasteiger partial charge on any atom is 0.164 e. The summed E-state index contributed by atoms with van der Waals surface area (Å²) in [5.41, 5.74) is 16.7. The van der Waals surface area contributed by atoms with E-state index in [1.54, 1.807) is 6.20 Å². The SMILES string of the molecule is c1ccc(-c2nc(-c3ccc(-c4cccnc4)cc3)nc(-c3ccc4c(c3)C3(c5ccccc5-c5ccccc5-4)c4ccccc4-c4cc5ccccc5cc43)n2)cc1. The molecule has 0 bridgehead atoms. The molecule has 8 aromatic carbocycles. The monoisotopic (exact) mass is 750 g/mol. The standard InChI is InChI=1S/C55H34N4/c1-2-13-36(14-3-1)52-57-53(37-26-24-35(25-27-37)41-17-12-30-56-34-41)59-54(58-52)40-28-29-46-43-19-7-6-18-42(43)44-20-8-10-22-48(44)55(50(46)33-40)49-23-11-9-21-45(49)47-31-38-15-4-5-16-39(38)32-51(47)55/h1-34H. The summed E-state index contributed by atoms with van der Waals surface area (Å²) in [4.78, 5) is 19.9. The predicted molar refractivity (Wildman–Crippen MR) is 239 cm³/mol. The van der Waals surface area contributed by atoms with Crippen LogP contribution in [0.4, 0.5) is 0 Å². The third kappa shape index (κ3) is 5.10. The molecule has 0 saturated carbocycles. The summed E-state index contributed by atoms with van der Waals surface area (Å²) in [6.07, 6.45) is 3.68. The van der Waals surface area contributed by atoms with Crippen LogP contribution in [0.15, 0.2) is 207 Å². The number of fused-ring (bicyclic) bond motifs is 13. The topological polar surface area (TPSA) is 51.6 Å². The highest BCUT2D eigenvalue weighted by Crippen LogP contribution is 2.62. The lowest BCUT2D eigenvalue weighted by atomic mass is 9.65. The molecule has 1 atom stereocenters. The van der Waals surface area contributed by atoms with Gasteiger partial charge in [0.25, 0.3) is 0 Å². The van der Waals surface area contributed by atoms with Crippen molar-refractivity contribution in [2.75, 3.05) is 0 Å². The zero-order chi connectivity index (χ0) is 38.9. The Kier molecular flexibility index (Phi) is 7.41. The van der Waals surface area contributed by atoms with Crippen molar-refractivity contribution in [1.82, 2.24) is 19.9 Å². The van der Waals surface area contributed by atoms with E-state index >= 15 is 0 Å². The molecule has 59 heavy (non-hydrogen) atoms. The number of benzene rings is 8. The highest BCUT2D eigenvalue weighted by Gasteiger charge is 2.50. The highest BCUT2D eigenvalue weighted by atomic mass is 15.0. The van der Waals surface area contributed by atoms with Crippen LogP contribution in [0.25, 0.3) is 89.4 Å². The summed E-state index contributed by atoms with van der Waals surface area (Å²) >= 11 is 0. The van der Waals surface area contributed by atoms with Crippen LogP contribution in [0.1, 0.15) is 22.3 Å². The third-order valence-corrected chi connectivity index (χ3v) is 12.2. The summed E-state index contributed by atoms with van der Waals surface area (Å²) in [6.45, 7) is 0. The maximum absolute atomic E-state index is 5.27. The molecule has 2 aliphatic carbocycles. The average molecular weight is 751 g/mol. The Morgan fingerprint density at radius 2 is 0.763 bits per heavy atom. The molecular weight excluding hydrogens is 717 g/mol. The molecular formula is C55H34N4. The summed E-state index contributed by atoms with van der Waals surface area (Å²) in [5, 5.41) is 2.46. The molecule has 0 aliphatic heterocycles. The Morgan fingerprint density at radius 1 is 0.288 bits per heavy atom. The van der Waals surface area contributed by atoms with Gasteiger partial charge in [-0.25, -0.2) is 15.0 Å². The minimum atomic E-state index is -0.642. The molecule has 2 heterocycles. The molecule has 1 unspecified atom stereocenters. The van der Waals surface area contributed by atoms with E-state index in [1.165, 1.54) is 66.4 Å². The van der Waals surface area contributed by atoms with Crippen LogP contribution < -0.4 is 0 Å². The van der Waals surface area contributed by atoms with E-state index in [0.717, 1.165) is 27.8 Å². The minimum absolute atomic E-state index is 0.620. The number of nitrogens with zero attached hydrogens (tertiary/aromatic N) is 4. The first-order valence-electron chi connectivity index (χ1n) is 20.0. The quantitative estimate of drug-likeness (QED) is 0.180. The van der Waals surface area contributed by atoms with E-state index in [1.807, 2.05) is 30.5 Å². The van der Waals surface area contributed by atoms with Gasteiger partial charge in [-0.2, -0.15) is 0 Å². The number of pyridine rings is 1. The van der Waals surface area contributed by atoms with Gasteiger partial charge < -0.3 is 0 Å². The molecule has 0 N–H and O–H groups in total. The lowest BCUT2D eigenvalue weighted by Crippen LogP contribution is -2.29. The van der Waals surface area contributed by atoms with Crippen molar-refractivity contribution in [2.24, 2.45) is 0 Å². The first-order chi connectivity index (χ1) is 29.2. The Labute approximate surface area is 342 Å². The molecule has 0 radical (unpaired) electrons. The van der Waals surface area contributed by atoms with Crippen molar-refractivity contribution in [1.29, 1.82) is 0 Å². The number of aromatic nitrogens is 4. The smallest absolute Gasteiger partial charge is 0.164 e. The van der Waals surface area contributed by atoms with Crippen molar-refractivity contribution < 1.29 is 0 Å². The Morgan fingerprint density at radius 3 is 1.42 bits per heavy atom. The molecule has 10 aromatic rings. The van der Waals surface area contributed by atoms with Crippen LogP contribution in [0.5, 0.6) is 0 Å². The molecule has 274 valence electrons. The molecule has 2 aromatic heterocycles. The second-order valence-electron chi connectivity index (χ2n) is 15.4. The van der Waals surface area contributed by atoms with Crippen molar-refractivity contribution in [3.63, 3.8) is 0 Å². The second kappa shape index (κ2) is 13.1. The van der Waals surface area contributed by atoms with Crippen LogP contribution >= 0.6 is 0 Å².